The van der Waals surface area contributed by atoms with Crippen molar-refractivity contribution in [2.24, 2.45) is 0 Å². The molecule has 0 aromatic heterocycles. The lowest BCUT2D eigenvalue weighted by Gasteiger charge is -2.34. The first-order chi connectivity index (χ1) is 16.9. The van der Waals surface area contributed by atoms with Crippen LogP contribution in [0.5, 0.6) is 5.75 Å². The molecular weight excluding hydrogens is 478 g/mol. The standard InChI is InChI=1S/C27H39N3O5S/c1-8-21(5)28-27(32)23(9-2)29(17-22-13-11-10-12-20(22)4)26(31)18-30(36(7,33)34)24-16-19(3)14-15-25(24)35-6/h10-16,21,23H,8-9,17-18H2,1-7H3,(H,28,32)/t21-,23+/m1/s1. The second-order valence-electron chi connectivity index (χ2n) is 9.13. The number of anilines is 1. The average molecular weight is 518 g/mol. The molecule has 0 aliphatic heterocycles. The largest absolute Gasteiger partial charge is 0.495 e. The van der Waals surface area contributed by atoms with Crippen molar-refractivity contribution in [3.05, 3.63) is 59.2 Å². The zero-order valence-corrected chi connectivity index (χ0v) is 23.2. The quantitative estimate of drug-likeness (QED) is 0.462. The van der Waals surface area contributed by atoms with Crippen LogP contribution >= 0.6 is 0 Å². The lowest BCUT2D eigenvalue weighted by molar-refractivity contribution is -0.140. The summed E-state index contributed by atoms with van der Waals surface area (Å²) in [6, 6.07) is 12.0. The van der Waals surface area contributed by atoms with Crippen molar-refractivity contribution in [2.45, 2.75) is 66.1 Å². The van der Waals surface area contributed by atoms with Gasteiger partial charge in [-0.15, -0.1) is 0 Å². The maximum absolute atomic E-state index is 13.8. The fourth-order valence-corrected chi connectivity index (χ4v) is 4.77. The summed E-state index contributed by atoms with van der Waals surface area (Å²) in [5.74, 6) is -0.392. The van der Waals surface area contributed by atoms with Crippen molar-refractivity contribution in [2.75, 3.05) is 24.2 Å². The number of rotatable bonds is 12. The van der Waals surface area contributed by atoms with E-state index in [4.69, 9.17) is 4.74 Å². The Hall–Kier alpha value is -3.07. The van der Waals surface area contributed by atoms with Crippen molar-refractivity contribution >= 4 is 27.5 Å². The van der Waals surface area contributed by atoms with Crippen molar-refractivity contribution in [1.82, 2.24) is 10.2 Å². The van der Waals surface area contributed by atoms with E-state index in [1.807, 2.05) is 58.9 Å². The molecule has 0 aliphatic rings. The molecule has 0 unspecified atom stereocenters. The molecular formula is C27H39N3O5S. The zero-order valence-electron chi connectivity index (χ0n) is 22.4. The highest BCUT2D eigenvalue weighted by molar-refractivity contribution is 7.92. The third-order valence-corrected chi connectivity index (χ3v) is 7.40. The number of carbonyl (C=O) groups excluding carboxylic acids is 2. The summed E-state index contributed by atoms with van der Waals surface area (Å²) >= 11 is 0. The maximum Gasteiger partial charge on any atom is 0.244 e. The Kier molecular flexibility index (Phi) is 10.3. The summed E-state index contributed by atoms with van der Waals surface area (Å²) in [5.41, 5.74) is 2.97. The minimum atomic E-state index is -3.85. The summed E-state index contributed by atoms with van der Waals surface area (Å²) in [4.78, 5) is 28.5. The highest BCUT2D eigenvalue weighted by atomic mass is 32.2. The minimum Gasteiger partial charge on any atom is -0.495 e. The van der Waals surface area contributed by atoms with Gasteiger partial charge < -0.3 is 15.0 Å². The first kappa shape index (κ1) is 29.2. The van der Waals surface area contributed by atoms with Gasteiger partial charge >= 0.3 is 0 Å². The van der Waals surface area contributed by atoms with Gasteiger partial charge in [0.1, 0.15) is 18.3 Å². The van der Waals surface area contributed by atoms with Crippen LogP contribution in [0.25, 0.3) is 0 Å². The molecule has 0 radical (unpaired) electrons. The van der Waals surface area contributed by atoms with Crippen LogP contribution in [-0.4, -0.2) is 57.1 Å². The van der Waals surface area contributed by atoms with Crippen LogP contribution in [0.1, 0.15) is 50.3 Å². The predicted molar refractivity (Wildman–Crippen MR) is 144 cm³/mol. The molecule has 0 heterocycles. The number of methoxy groups -OCH3 is 1. The molecule has 9 heteroatoms. The Balaban J connectivity index is 2.53. The Morgan fingerprint density at radius 3 is 2.28 bits per heavy atom. The van der Waals surface area contributed by atoms with Crippen LogP contribution in [0.3, 0.4) is 0 Å². The molecule has 2 amide bonds. The summed E-state index contributed by atoms with van der Waals surface area (Å²) < 4.78 is 32.2. The second-order valence-corrected chi connectivity index (χ2v) is 11.0. The summed E-state index contributed by atoms with van der Waals surface area (Å²) in [6.45, 7) is 9.23. The Morgan fingerprint density at radius 1 is 1.06 bits per heavy atom. The number of amides is 2. The number of nitrogens with zero attached hydrogens (tertiary/aromatic N) is 2. The lowest BCUT2D eigenvalue weighted by Crippen LogP contribution is -2.53. The minimum absolute atomic E-state index is 0.0500. The van der Waals surface area contributed by atoms with Gasteiger partial charge in [0.05, 0.1) is 19.1 Å². The van der Waals surface area contributed by atoms with Crippen LogP contribution in [0, 0.1) is 13.8 Å². The highest BCUT2D eigenvalue weighted by Gasteiger charge is 2.33. The van der Waals surface area contributed by atoms with Gasteiger partial charge in [0, 0.05) is 12.6 Å². The molecule has 2 atom stereocenters. The first-order valence-electron chi connectivity index (χ1n) is 12.2. The molecule has 0 aliphatic carbocycles. The SMILES string of the molecule is CC[C@@H](C)NC(=O)[C@H](CC)N(Cc1ccccc1C)C(=O)CN(c1cc(C)ccc1OC)S(C)(=O)=O. The summed E-state index contributed by atoms with van der Waals surface area (Å²) in [6.07, 6.45) is 2.19. The molecule has 0 fully saturated rings. The third kappa shape index (κ3) is 7.46. The van der Waals surface area contributed by atoms with Gasteiger partial charge in [-0.3, -0.25) is 13.9 Å². The molecule has 8 nitrogen and oxygen atoms in total. The number of carbonyl (C=O) groups is 2. The van der Waals surface area contributed by atoms with Crippen LogP contribution in [0.2, 0.25) is 0 Å². The molecule has 0 saturated heterocycles. The monoisotopic (exact) mass is 517 g/mol. The normalized spacial score (nSPS) is 13.0. The van der Waals surface area contributed by atoms with Crippen LogP contribution in [-0.2, 0) is 26.2 Å². The Labute approximate surface area is 215 Å². The van der Waals surface area contributed by atoms with Crippen molar-refractivity contribution < 1.29 is 22.7 Å². The van der Waals surface area contributed by atoms with E-state index in [2.05, 4.69) is 5.32 Å². The topological polar surface area (TPSA) is 96.0 Å². The Morgan fingerprint density at radius 2 is 1.72 bits per heavy atom. The zero-order chi connectivity index (χ0) is 27.0. The number of nitrogens with one attached hydrogen (secondary N) is 1. The molecule has 0 spiro atoms. The van der Waals surface area contributed by atoms with E-state index in [0.717, 1.165) is 33.7 Å². The molecule has 198 valence electrons. The molecule has 2 aromatic carbocycles. The highest BCUT2D eigenvalue weighted by Crippen LogP contribution is 2.31. The Bertz CT molecular complexity index is 1170. The van der Waals surface area contributed by atoms with Crippen molar-refractivity contribution in [1.29, 1.82) is 0 Å². The molecule has 0 saturated carbocycles. The fourth-order valence-electron chi connectivity index (χ4n) is 3.92. The average Bonchev–Trinajstić information content (AvgIpc) is 2.82. The van der Waals surface area contributed by atoms with Gasteiger partial charge in [-0.05, 0) is 62.4 Å². The van der Waals surface area contributed by atoms with E-state index in [1.54, 1.807) is 18.2 Å². The van der Waals surface area contributed by atoms with E-state index in [9.17, 15) is 18.0 Å². The van der Waals surface area contributed by atoms with Gasteiger partial charge in [-0.25, -0.2) is 8.42 Å². The molecule has 2 rings (SSSR count). The van der Waals surface area contributed by atoms with Crippen molar-refractivity contribution in [3.63, 3.8) is 0 Å². The van der Waals surface area contributed by atoms with Crippen molar-refractivity contribution in [3.8, 4) is 5.75 Å². The van der Waals surface area contributed by atoms with Gasteiger partial charge in [0.15, 0.2) is 0 Å². The summed E-state index contributed by atoms with van der Waals surface area (Å²) in [7, 11) is -2.40. The molecule has 1 N–H and O–H groups in total. The van der Waals surface area contributed by atoms with E-state index < -0.39 is 28.5 Å². The van der Waals surface area contributed by atoms with Gasteiger partial charge in [0.25, 0.3) is 0 Å². The van der Waals surface area contributed by atoms with Gasteiger partial charge in [-0.1, -0.05) is 44.2 Å². The maximum atomic E-state index is 13.8. The number of hydrogen-bond acceptors (Lipinski definition) is 5. The molecule has 0 bridgehead atoms. The smallest absolute Gasteiger partial charge is 0.244 e. The number of benzene rings is 2. The summed E-state index contributed by atoms with van der Waals surface area (Å²) in [5, 5.41) is 2.97. The third-order valence-electron chi connectivity index (χ3n) is 6.27. The number of sulfonamides is 1. The fraction of sp³-hybridized carbons (Fsp3) is 0.481. The number of hydrogen-bond donors (Lipinski definition) is 1. The number of ether oxygens (including phenoxy) is 1. The number of aryl methyl sites for hydroxylation is 2. The predicted octanol–water partition coefficient (Wildman–Crippen LogP) is 3.80. The van der Waals surface area contributed by atoms with Crippen LogP contribution < -0.4 is 14.4 Å². The lowest BCUT2D eigenvalue weighted by atomic mass is 10.1. The van der Waals surface area contributed by atoms with E-state index in [-0.39, 0.29) is 24.2 Å². The first-order valence-corrected chi connectivity index (χ1v) is 14.0. The second kappa shape index (κ2) is 12.8. The van der Waals surface area contributed by atoms with E-state index >= 15 is 0 Å². The molecule has 2 aromatic rings. The van der Waals surface area contributed by atoms with E-state index in [1.165, 1.54) is 12.0 Å². The van der Waals surface area contributed by atoms with E-state index in [0.29, 0.717) is 12.2 Å². The van der Waals surface area contributed by atoms with Gasteiger partial charge in [-0.2, -0.15) is 0 Å². The van der Waals surface area contributed by atoms with Crippen LogP contribution in [0.15, 0.2) is 42.5 Å². The van der Waals surface area contributed by atoms with Crippen LogP contribution in [0.4, 0.5) is 5.69 Å². The molecule has 36 heavy (non-hydrogen) atoms. The van der Waals surface area contributed by atoms with Gasteiger partial charge in [0.2, 0.25) is 21.8 Å².